The number of amides is 1. The summed E-state index contributed by atoms with van der Waals surface area (Å²) in [6.45, 7) is 4.69. The summed E-state index contributed by atoms with van der Waals surface area (Å²) in [6.07, 6.45) is 1.21. The topological polar surface area (TPSA) is 62.1 Å². The first-order valence-corrected chi connectivity index (χ1v) is 6.45. The smallest absolute Gasteiger partial charge is 0.224 e. The number of hydrogen-bond donors (Lipinski definition) is 1. The number of ether oxygens (including phenoxy) is 1. The van der Waals surface area contributed by atoms with Gasteiger partial charge in [0, 0.05) is 6.61 Å². The summed E-state index contributed by atoms with van der Waals surface area (Å²) in [5.41, 5.74) is 1.24. The predicted molar refractivity (Wildman–Crippen MR) is 71.4 cm³/mol. The van der Waals surface area contributed by atoms with Crippen LogP contribution in [0.2, 0.25) is 0 Å². The molecule has 2 unspecified atom stereocenters. The van der Waals surface area contributed by atoms with Crippen LogP contribution in [0.25, 0.3) is 0 Å². The summed E-state index contributed by atoms with van der Waals surface area (Å²) in [5, 5.41) is 11.8. The fraction of sp³-hybridized carbons (Fsp3) is 0.467. The molecule has 2 rings (SSSR count). The predicted octanol–water partition coefficient (Wildman–Crippen LogP) is 1.78. The molecule has 1 N–H and O–H groups in total. The summed E-state index contributed by atoms with van der Waals surface area (Å²) in [7, 11) is 0. The highest BCUT2D eigenvalue weighted by atomic mass is 16.5. The van der Waals surface area contributed by atoms with Crippen LogP contribution in [-0.4, -0.2) is 24.2 Å². The summed E-state index contributed by atoms with van der Waals surface area (Å²) in [4.78, 5) is 12.0. The molecule has 100 valence electrons. The van der Waals surface area contributed by atoms with Gasteiger partial charge < -0.3 is 10.1 Å². The van der Waals surface area contributed by atoms with Crippen molar-refractivity contribution in [3.05, 3.63) is 35.4 Å². The minimum absolute atomic E-state index is 0.00967. The normalized spacial score (nSPS) is 25.8. The molecule has 0 aliphatic carbocycles. The van der Waals surface area contributed by atoms with Crippen molar-refractivity contribution < 1.29 is 9.53 Å². The minimum Gasteiger partial charge on any atom is -0.376 e. The monoisotopic (exact) mass is 258 g/mol. The van der Waals surface area contributed by atoms with Crippen LogP contribution in [0.1, 0.15) is 31.4 Å². The molecule has 1 aromatic rings. The number of rotatable bonds is 3. The third-order valence-electron chi connectivity index (χ3n) is 3.76. The van der Waals surface area contributed by atoms with Crippen LogP contribution in [0.5, 0.6) is 0 Å². The van der Waals surface area contributed by atoms with Gasteiger partial charge in [-0.3, -0.25) is 4.79 Å². The fourth-order valence-electron chi connectivity index (χ4n) is 2.24. The van der Waals surface area contributed by atoms with Gasteiger partial charge >= 0.3 is 0 Å². The van der Waals surface area contributed by atoms with Crippen molar-refractivity contribution in [3.8, 4) is 6.07 Å². The van der Waals surface area contributed by atoms with Gasteiger partial charge in [-0.1, -0.05) is 12.1 Å². The van der Waals surface area contributed by atoms with E-state index in [1.165, 1.54) is 0 Å². The largest absolute Gasteiger partial charge is 0.376 e. The van der Waals surface area contributed by atoms with E-state index in [1.54, 1.807) is 12.1 Å². The molecule has 0 spiro atoms. The van der Waals surface area contributed by atoms with Crippen LogP contribution in [0, 0.1) is 11.3 Å². The number of carbonyl (C=O) groups excluding carboxylic acids is 1. The van der Waals surface area contributed by atoms with Gasteiger partial charge in [0.25, 0.3) is 0 Å². The van der Waals surface area contributed by atoms with Crippen molar-refractivity contribution in [2.75, 3.05) is 6.61 Å². The first-order valence-electron chi connectivity index (χ1n) is 6.45. The van der Waals surface area contributed by atoms with Gasteiger partial charge in [0.2, 0.25) is 5.91 Å². The SMILES string of the molecule is CC1OCCC1(C)NC(=O)Cc1ccc(C#N)cc1. The van der Waals surface area contributed by atoms with E-state index in [4.69, 9.17) is 10.00 Å². The molecular weight excluding hydrogens is 240 g/mol. The van der Waals surface area contributed by atoms with Gasteiger partial charge in [-0.15, -0.1) is 0 Å². The molecule has 0 radical (unpaired) electrons. The molecule has 1 aliphatic heterocycles. The molecule has 0 aromatic heterocycles. The third-order valence-corrected chi connectivity index (χ3v) is 3.76. The van der Waals surface area contributed by atoms with E-state index < -0.39 is 0 Å². The zero-order valence-corrected chi connectivity index (χ0v) is 11.3. The highest BCUT2D eigenvalue weighted by Crippen LogP contribution is 2.25. The third kappa shape index (κ3) is 3.12. The quantitative estimate of drug-likeness (QED) is 0.899. The van der Waals surface area contributed by atoms with E-state index >= 15 is 0 Å². The zero-order valence-electron chi connectivity index (χ0n) is 11.3. The molecule has 1 aromatic carbocycles. The lowest BCUT2D eigenvalue weighted by Crippen LogP contribution is -2.51. The fourth-order valence-corrected chi connectivity index (χ4v) is 2.24. The van der Waals surface area contributed by atoms with Crippen molar-refractivity contribution in [2.45, 2.75) is 38.3 Å². The maximum Gasteiger partial charge on any atom is 0.224 e. The lowest BCUT2D eigenvalue weighted by atomic mass is 9.94. The van der Waals surface area contributed by atoms with Crippen LogP contribution in [0.15, 0.2) is 24.3 Å². The molecule has 0 bridgehead atoms. The summed E-state index contributed by atoms with van der Waals surface area (Å²) in [6, 6.07) is 9.15. The first-order chi connectivity index (χ1) is 9.03. The Hall–Kier alpha value is -1.86. The average Bonchev–Trinajstić information content (AvgIpc) is 2.70. The number of carbonyl (C=O) groups is 1. The molecular formula is C15H18N2O2. The van der Waals surface area contributed by atoms with Gasteiger partial charge in [-0.2, -0.15) is 5.26 Å². The highest BCUT2D eigenvalue weighted by molar-refractivity contribution is 5.79. The van der Waals surface area contributed by atoms with Crippen LogP contribution in [0.3, 0.4) is 0 Å². The molecule has 2 atom stereocenters. The molecule has 1 aliphatic rings. The zero-order chi connectivity index (χ0) is 13.9. The Morgan fingerprint density at radius 1 is 1.53 bits per heavy atom. The molecule has 1 fully saturated rings. The maximum absolute atomic E-state index is 12.0. The molecule has 4 nitrogen and oxygen atoms in total. The molecule has 0 saturated carbocycles. The number of hydrogen-bond acceptors (Lipinski definition) is 3. The Bertz CT molecular complexity index is 504. The molecule has 1 saturated heterocycles. The number of nitrogens with zero attached hydrogens (tertiary/aromatic N) is 1. The van der Waals surface area contributed by atoms with Crippen molar-refractivity contribution in [2.24, 2.45) is 0 Å². The minimum atomic E-state index is -0.274. The second-order valence-corrected chi connectivity index (χ2v) is 5.21. The lowest BCUT2D eigenvalue weighted by molar-refractivity contribution is -0.122. The molecule has 1 amide bonds. The van der Waals surface area contributed by atoms with Crippen molar-refractivity contribution in [1.29, 1.82) is 5.26 Å². The summed E-state index contributed by atoms with van der Waals surface area (Å²) < 4.78 is 5.50. The lowest BCUT2D eigenvalue weighted by Gasteiger charge is -2.28. The Kier molecular flexibility index (Phi) is 3.87. The highest BCUT2D eigenvalue weighted by Gasteiger charge is 2.38. The van der Waals surface area contributed by atoms with Gasteiger partial charge in [0.15, 0.2) is 0 Å². The average molecular weight is 258 g/mol. The van der Waals surface area contributed by atoms with E-state index in [0.717, 1.165) is 12.0 Å². The number of benzene rings is 1. The molecule has 1 heterocycles. The Labute approximate surface area is 113 Å². The second-order valence-electron chi connectivity index (χ2n) is 5.21. The first kappa shape index (κ1) is 13.6. The van der Waals surface area contributed by atoms with E-state index in [2.05, 4.69) is 11.4 Å². The van der Waals surface area contributed by atoms with Gasteiger partial charge in [0.1, 0.15) is 0 Å². The molecule has 19 heavy (non-hydrogen) atoms. The van der Waals surface area contributed by atoms with E-state index in [9.17, 15) is 4.79 Å². The van der Waals surface area contributed by atoms with Crippen molar-refractivity contribution in [1.82, 2.24) is 5.32 Å². The van der Waals surface area contributed by atoms with Crippen molar-refractivity contribution in [3.63, 3.8) is 0 Å². The maximum atomic E-state index is 12.0. The Morgan fingerprint density at radius 3 is 2.74 bits per heavy atom. The van der Waals surface area contributed by atoms with Crippen molar-refractivity contribution >= 4 is 5.91 Å². The Morgan fingerprint density at radius 2 is 2.21 bits per heavy atom. The number of nitrogens with one attached hydrogen (secondary N) is 1. The van der Waals surface area contributed by atoms with Gasteiger partial charge in [0.05, 0.1) is 29.7 Å². The van der Waals surface area contributed by atoms with E-state index in [-0.39, 0.29) is 17.6 Å². The molecule has 4 heteroatoms. The standard InChI is InChI=1S/C15H18N2O2/c1-11-15(2,7-8-19-11)17-14(18)9-12-3-5-13(10-16)6-4-12/h3-6,11H,7-9H2,1-2H3,(H,17,18). The Balaban J connectivity index is 1.96. The van der Waals surface area contributed by atoms with Crippen LogP contribution in [0.4, 0.5) is 0 Å². The number of nitriles is 1. The van der Waals surface area contributed by atoms with Gasteiger partial charge in [-0.25, -0.2) is 0 Å². The van der Waals surface area contributed by atoms with Crippen LogP contribution in [-0.2, 0) is 16.0 Å². The van der Waals surface area contributed by atoms with E-state index in [1.807, 2.05) is 26.0 Å². The van der Waals surface area contributed by atoms with Gasteiger partial charge in [-0.05, 0) is 38.0 Å². The van der Waals surface area contributed by atoms with Crippen LogP contribution >= 0.6 is 0 Å². The van der Waals surface area contributed by atoms with Crippen LogP contribution < -0.4 is 5.32 Å². The van der Waals surface area contributed by atoms with E-state index in [0.29, 0.717) is 18.6 Å². The summed E-state index contributed by atoms with van der Waals surface area (Å²) in [5.74, 6) is -0.00967. The second kappa shape index (κ2) is 5.41. The summed E-state index contributed by atoms with van der Waals surface area (Å²) >= 11 is 0.